The minimum absolute atomic E-state index is 0.0111. The lowest BCUT2D eigenvalue weighted by Crippen LogP contribution is -2.19. The average Bonchev–Trinajstić information content (AvgIpc) is 3.46. The monoisotopic (exact) mass is 495 g/mol. The number of aromatic nitrogens is 3. The summed E-state index contributed by atoms with van der Waals surface area (Å²) in [6.07, 6.45) is 3.48. The van der Waals surface area contributed by atoms with E-state index in [2.05, 4.69) is 20.5 Å². The molecule has 0 saturated carbocycles. The molecule has 1 amide bonds. The number of aromatic amines is 1. The Morgan fingerprint density at radius 3 is 2.71 bits per heavy atom. The van der Waals surface area contributed by atoms with E-state index in [0.29, 0.717) is 16.7 Å². The van der Waals surface area contributed by atoms with Crippen molar-refractivity contribution < 1.29 is 14.1 Å². The summed E-state index contributed by atoms with van der Waals surface area (Å²) < 4.78 is 5.50. The van der Waals surface area contributed by atoms with Gasteiger partial charge in [0.1, 0.15) is 27.6 Å². The lowest BCUT2D eigenvalue weighted by atomic mass is 10.1. The van der Waals surface area contributed by atoms with Crippen LogP contribution in [0, 0.1) is 17.0 Å². The summed E-state index contributed by atoms with van der Waals surface area (Å²) >= 11 is 7.02. The van der Waals surface area contributed by atoms with Crippen LogP contribution in [0.3, 0.4) is 0 Å². The van der Waals surface area contributed by atoms with Gasteiger partial charge in [-0.2, -0.15) is 0 Å². The second kappa shape index (κ2) is 10.4. The van der Waals surface area contributed by atoms with Gasteiger partial charge in [0.15, 0.2) is 0 Å². The maximum absolute atomic E-state index is 13.2. The second-order valence-corrected chi connectivity index (χ2v) is 8.59. The highest BCUT2D eigenvalue weighted by Gasteiger charge is 2.25. The molecule has 2 N–H and O–H groups in total. The first-order valence-corrected chi connectivity index (χ1v) is 11.3. The largest absolute Gasteiger partial charge is 0.462 e. The molecule has 34 heavy (non-hydrogen) atoms. The van der Waals surface area contributed by atoms with Crippen molar-refractivity contribution >= 4 is 52.8 Å². The SMILES string of the molecule is Cc1ccc(/C=C/c2nc(SC(C(=O)Nc3ccc(Cl)c([N+](=O)[O-])c3)c3ccccc3)n[nH]2)o1. The number of nitrogens with one attached hydrogen (secondary N) is 2. The maximum atomic E-state index is 13.2. The molecule has 0 aliphatic carbocycles. The summed E-state index contributed by atoms with van der Waals surface area (Å²) in [6.45, 7) is 1.86. The van der Waals surface area contributed by atoms with Gasteiger partial charge >= 0.3 is 0 Å². The lowest BCUT2D eigenvalue weighted by Gasteiger charge is -2.15. The molecule has 0 aliphatic heterocycles. The number of nitro groups is 1. The summed E-state index contributed by atoms with van der Waals surface area (Å²) in [5.74, 6) is 1.59. The molecular formula is C23H18ClN5O4S. The number of aryl methyl sites for hydroxylation is 1. The van der Waals surface area contributed by atoms with Gasteiger partial charge in [-0.05, 0) is 48.9 Å². The molecule has 0 fully saturated rings. The normalized spacial score (nSPS) is 12.1. The number of amides is 1. The minimum Gasteiger partial charge on any atom is -0.462 e. The van der Waals surface area contributed by atoms with Gasteiger partial charge in [-0.25, -0.2) is 4.98 Å². The molecule has 172 valence electrons. The second-order valence-electron chi connectivity index (χ2n) is 7.11. The number of anilines is 1. The van der Waals surface area contributed by atoms with Crippen LogP contribution in [0.5, 0.6) is 0 Å². The molecule has 11 heteroatoms. The Kier molecular flexibility index (Phi) is 7.09. The van der Waals surface area contributed by atoms with Gasteiger partial charge in [-0.15, -0.1) is 5.10 Å². The predicted molar refractivity (Wildman–Crippen MR) is 131 cm³/mol. The van der Waals surface area contributed by atoms with E-state index < -0.39 is 10.2 Å². The quantitative estimate of drug-likeness (QED) is 0.177. The smallest absolute Gasteiger partial charge is 0.289 e. The Labute approximate surface area is 203 Å². The Bertz CT molecular complexity index is 1350. The van der Waals surface area contributed by atoms with E-state index >= 15 is 0 Å². The summed E-state index contributed by atoms with van der Waals surface area (Å²) in [5, 5.41) is 20.6. The molecule has 4 aromatic rings. The number of hydrogen-bond acceptors (Lipinski definition) is 7. The van der Waals surface area contributed by atoms with E-state index in [1.807, 2.05) is 49.4 Å². The number of benzene rings is 2. The van der Waals surface area contributed by atoms with Crippen molar-refractivity contribution in [1.29, 1.82) is 0 Å². The topological polar surface area (TPSA) is 127 Å². The number of nitrogens with zero attached hydrogens (tertiary/aromatic N) is 3. The van der Waals surface area contributed by atoms with Crippen LogP contribution in [0.1, 0.15) is 28.2 Å². The molecule has 0 aliphatic rings. The van der Waals surface area contributed by atoms with E-state index in [4.69, 9.17) is 16.0 Å². The van der Waals surface area contributed by atoms with E-state index in [0.717, 1.165) is 23.1 Å². The van der Waals surface area contributed by atoms with Crippen molar-refractivity contribution in [2.45, 2.75) is 17.3 Å². The van der Waals surface area contributed by atoms with Crippen molar-refractivity contribution in [3.05, 3.63) is 98.7 Å². The van der Waals surface area contributed by atoms with Crippen molar-refractivity contribution in [3.63, 3.8) is 0 Å². The highest BCUT2D eigenvalue weighted by molar-refractivity contribution is 8.00. The molecule has 0 saturated heterocycles. The fourth-order valence-corrected chi connectivity index (χ4v) is 4.14. The number of rotatable bonds is 8. The van der Waals surface area contributed by atoms with Gasteiger partial charge in [0.05, 0.1) is 4.92 Å². The van der Waals surface area contributed by atoms with Crippen LogP contribution in [-0.2, 0) is 4.79 Å². The molecule has 1 unspecified atom stereocenters. The highest BCUT2D eigenvalue weighted by atomic mass is 35.5. The molecular weight excluding hydrogens is 478 g/mol. The Morgan fingerprint density at radius 2 is 2.00 bits per heavy atom. The van der Waals surface area contributed by atoms with E-state index in [1.54, 1.807) is 12.2 Å². The molecule has 2 heterocycles. The number of carbonyl (C=O) groups is 1. The van der Waals surface area contributed by atoms with Crippen LogP contribution in [0.2, 0.25) is 5.02 Å². The van der Waals surface area contributed by atoms with E-state index in [-0.39, 0.29) is 22.3 Å². The van der Waals surface area contributed by atoms with Crippen molar-refractivity contribution in [3.8, 4) is 0 Å². The maximum Gasteiger partial charge on any atom is 0.289 e. The zero-order valence-electron chi connectivity index (χ0n) is 17.8. The van der Waals surface area contributed by atoms with Gasteiger partial charge in [0, 0.05) is 11.8 Å². The first-order chi connectivity index (χ1) is 16.4. The predicted octanol–water partition coefficient (Wildman–Crippen LogP) is 5.91. The van der Waals surface area contributed by atoms with Crippen LogP contribution < -0.4 is 5.32 Å². The summed E-state index contributed by atoms with van der Waals surface area (Å²) in [7, 11) is 0. The number of H-pyrrole nitrogens is 1. The molecule has 2 aromatic carbocycles. The van der Waals surface area contributed by atoms with Crippen LogP contribution in [0.15, 0.2) is 70.2 Å². The average molecular weight is 496 g/mol. The van der Waals surface area contributed by atoms with Crippen LogP contribution in [0.25, 0.3) is 12.2 Å². The third-order valence-corrected chi connectivity index (χ3v) is 6.06. The standard InChI is InChI=1S/C23H18ClN5O4S/c1-14-7-9-17(33-14)10-12-20-26-23(28-27-20)34-21(15-5-3-2-4-6-15)22(30)25-16-8-11-18(24)19(13-16)29(31)32/h2-13,21H,1H3,(H,25,30)(H,26,27,28)/b12-10+. The Balaban J connectivity index is 1.54. The Hall–Kier alpha value is -3.89. The van der Waals surface area contributed by atoms with Crippen molar-refractivity contribution in [1.82, 2.24) is 15.2 Å². The third kappa shape index (κ3) is 5.72. The first-order valence-electron chi connectivity index (χ1n) is 10.0. The molecule has 0 radical (unpaired) electrons. The van der Waals surface area contributed by atoms with Crippen LogP contribution in [-0.4, -0.2) is 26.0 Å². The van der Waals surface area contributed by atoms with Gasteiger partial charge in [-0.1, -0.05) is 53.7 Å². The molecule has 0 spiro atoms. The Morgan fingerprint density at radius 1 is 1.21 bits per heavy atom. The number of hydrogen-bond donors (Lipinski definition) is 2. The van der Waals surface area contributed by atoms with Gasteiger partial charge in [0.2, 0.25) is 11.1 Å². The number of furan rings is 1. The number of halogens is 1. The zero-order valence-corrected chi connectivity index (χ0v) is 19.3. The summed E-state index contributed by atoms with van der Waals surface area (Å²) in [4.78, 5) is 28.2. The van der Waals surface area contributed by atoms with Gasteiger partial charge in [0.25, 0.3) is 5.69 Å². The summed E-state index contributed by atoms with van der Waals surface area (Å²) in [5.41, 5.74) is 0.692. The van der Waals surface area contributed by atoms with Crippen molar-refractivity contribution in [2.75, 3.05) is 5.32 Å². The molecule has 4 rings (SSSR count). The van der Waals surface area contributed by atoms with Gasteiger partial charge in [-0.3, -0.25) is 20.0 Å². The molecule has 0 bridgehead atoms. The molecule has 9 nitrogen and oxygen atoms in total. The number of carbonyl (C=O) groups excluding carboxylic acids is 1. The molecule has 1 atom stereocenters. The first kappa shape index (κ1) is 23.3. The van der Waals surface area contributed by atoms with Crippen LogP contribution >= 0.6 is 23.4 Å². The number of nitro benzene ring substituents is 1. The van der Waals surface area contributed by atoms with E-state index in [1.165, 1.54) is 18.2 Å². The van der Waals surface area contributed by atoms with E-state index in [9.17, 15) is 14.9 Å². The van der Waals surface area contributed by atoms with Gasteiger partial charge < -0.3 is 9.73 Å². The van der Waals surface area contributed by atoms with Crippen molar-refractivity contribution in [2.24, 2.45) is 0 Å². The molecule has 2 aromatic heterocycles. The lowest BCUT2D eigenvalue weighted by molar-refractivity contribution is -0.384. The van der Waals surface area contributed by atoms with Crippen LogP contribution in [0.4, 0.5) is 11.4 Å². The minimum atomic E-state index is -0.712. The zero-order chi connectivity index (χ0) is 24.1. The fraction of sp³-hybridized carbons (Fsp3) is 0.0870. The fourth-order valence-electron chi connectivity index (χ4n) is 3.03. The summed E-state index contributed by atoms with van der Waals surface area (Å²) in [6, 6.07) is 16.9. The third-order valence-electron chi connectivity index (χ3n) is 4.62. The number of thioether (sulfide) groups is 1. The highest BCUT2D eigenvalue weighted by Crippen LogP contribution is 2.35.